The Hall–Kier alpha value is -3.41. The van der Waals surface area contributed by atoms with Crippen LogP contribution in [-0.4, -0.2) is 51.9 Å². The van der Waals surface area contributed by atoms with Crippen molar-refractivity contribution in [2.45, 2.75) is 6.42 Å². The summed E-state index contributed by atoms with van der Waals surface area (Å²) in [6.07, 6.45) is 3.91. The van der Waals surface area contributed by atoms with Crippen molar-refractivity contribution in [2.24, 2.45) is 0 Å². The highest BCUT2D eigenvalue weighted by atomic mass is 16.2. The quantitative estimate of drug-likeness (QED) is 0.601. The molecule has 1 N–H and O–H groups in total. The van der Waals surface area contributed by atoms with Gasteiger partial charge in [-0.15, -0.1) is 0 Å². The molecule has 28 heavy (non-hydrogen) atoms. The molecular formula is C22H21N5O. The van der Waals surface area contributed by atoms with Crippen molar-refractivity contribution in [2.75, 3.05) is 31.1 Å². The van der Waals surface area contributed by atoms with Gasteiger partial charge in [0, 0.05) is 32.4 Å². The van der Waals surface area contributed by atoms with Crippen LogP contribution in [-0.2, 0) is 11.2 Å². The summed E-state index contributed by atoms with van der Waals surface area (Å²) < 4.78 is 0. The molecule has 1 aliphatic heterocycles. The van der Waals surface area contributed by atoms with E-state index >= 15 is 0 Å². The smallest absolute Gasteiger partial charge is 0.227 e. The highest BCUT2D eigenvalue weighted by Crippen LogP contribution is 2.24. The predicted octanol–water partition coefficient (Wildman–Crippen LogP) is 3.00. The first-order chi connectivity index (χ1) is 13.8. The summed E-state index contributed by atoms with van der Waals surface area (Å²) in [5.74, 6) is 1.12. The third-order valence-corrected chi connectivity index (χ3v) is 5.49. The van der Waals surface area contributed by atoms with Gasteiger partial charge in [0.25, 0.3) is 0 Å². The number of carbonyl (C=O) groups is 1. The SMILES string of the molecule is O=C(Cc1cccc2ccccc12)N1CCN(c2ncnc3[nH]ccc23)CC1. The van der Waals surface area contributed by atoms with Crippen LogP contribution in [0, 0.1) is 0 Å². The zero-order valence-corrected chi connectivity index (χ0v) is 15.5. The number of aromatic amines is 1. The molecule has 0 saturated carbocycles. The molecule has 2 aromatic heterocycles. The second-order valence-electron chi connectivity index (χ2n) is 7.12. The summed E-state index contributed by atoms with van der Waals surface area (Å²) in [4.78, 5) is 28.9. The van der Waals surface area contributed by atoms with E-state index in [1.54, 1.807) is 6.33 Å². The van der Waals surface area contributed by atoms with Crippen LogP contribution in [0.3, 0.4) is 0 Å². The lowest BCUT2D eigenvalue weighted by Crippen LogP contribution is -2.49. The largest absolute Gasteiger partial charge is 0.352 e. The molecule has 6 heteroatoms. The number of H-pyrrole nitrogens is 1. The summed E-state index contributed by atoms with van der Waals surface area (Å²) in [7, 11) is 0. The van der Waals surface area contributed by atoms with Crippen molar-refractivity contribution in [1.29, 1.82) is 0 Å². The van der Waals surface area contributed by atoms with Crippen LogP contribution < -0.4 is 4.90 Å². The van der Waals surface area contributed by atoms with Gasteiger partial charge in [-0.25, -0.2) is 9.97 Å². The minimum atomic E-state index is 0.186. The Balaban J connectivity index is 1.29. The van der Waals surface area contributed by atoms with Crippen LogP contribution in [0.1, 0.15) is 5.56 Å². The Morgan fingerprint density at radius 1 is 0.929 bits per heavy atom. The molecule has 4 aromatic rings. The van der Waals surface area contributed by atoms with E-state index < -0.39 is 0 Å². The Kier molecular flexibility index (Phi) is 4.16. The summed E-state index contributed by atoms with van der Waals surface area (Å²) >= 11 is 0. The predicted molar refractivity (Wildman–Crippen MR) is 110 cm³/mol. The number of hydrogen-bond donors (Lipinski definition) is 1. The number of carbonyl (C=O) groups excluding carboxylic acids is 1. The third-order valence-electron chi connectivity index (χ3n) is 5.49. The van der Waals surface area contributed by atoms with Crippen LogP contribution in [0.15, 0.2) is 61.1 Å². The molecule has 1 fully saturated rings. The first kappa shape index (κ1) is 16.7. The van der Waals surface area contributed by atoms with Crippen LogP contribution in [0.25, 0.3) is 21.8 Å². The van der Waals surface area contributed by atoms with Gasteiger partial charge in [0.1, 0.15) is 17.8 Å². The van der Waals surface area contributed by atoms with E-state index in [4.69, 9.17) is 0 Å². The van der Waals surface area contributed by atoms with Crippen molar-refractivity contribution in [3.8, 4) is 0 Å². The van der Waals surface area contributed by atoms with Crippen LogP contribution >= 0.6 is 0 Å². The van der Waals surface area contributed by atoms with E-state index in [2.05, 4.69) is 44.1 Å². The number of anilines is 1. The molecule has 0 aliphatic carbocycles. The van der Waals surface area contributed by atoms with E-state index in [9.17, 15) is 4.79 Å². The fourth-order valence-electron chi connectivity index (χ4n) is 4.00. The number of rotatable bonds is 3. The highest BCUT2D eigenvalue weighted by molar-refractivity contribution is 5.90. The standard InChI is InChI=1S/C22H21N5O/c28-20(14-17-6-3-5-16-4-1-2-7-18(16)17)26-10-12-27(13-11-26)22-19-8-9-23-21(19)24-15-25-22/h1-9,15H,10-14H2,(H,23,24,25). The average Bonchev–Trinajstić information content (AvgIpc) is 3.23. The average molecular weight is 371 g/mol. The Bertz CT molecular complexity index is 1140. The maximum Gasteiger partial charge on any atom is 0.227 e. The second-order valence-corrected chi connectivity index (χ2v) is 7.12. The molecule has 3 heterocycles. The third kappa shape index (κ3) is 2.97. The normalized spacial score (nSPS) is 14.7. The van der Waals surface area contributed by atoms with Crippen LogP contribution in [0.5, 0.6) is 0 Å². The van der Waals surface area contributed by atoms with E-state index in [1.165, 1.54) is 5.39 Å². The number of piperazine rings is 1. The number of hydrogen-bond acceptors (Lipinski definition) is 4. The van der Waals surface area contributed by atoms with Crippen molar-refractivity contribution in [1.82, 2.24) is 19.9 Å². The molecule has 2 aromatic carbocycles. The minimum absolute atomic E-state index is 0.186. The van der Waals surface area contributed by atoms with Gasteiger partial charge >= 0.3 is 0 Å². The fourth-order valence-corrected chi connectivity index (χ4v) is 4.00. The lowest BCUT2D eigenvalue weighted by Gasteiger charge is -2.35. The molecule has 0 atom stereocenters. The Morgan fingerprint density at radius 3 is 2.64 bits per heavy atom. The van der Waals surface area contributed by atoms with Crippen LogP contribution in [0.2, 0.25) is 0 Å². The van der Waals surface area contributed by atoms with E-state index in [-0.39, 0.29) is 5.91 Å². The maximum absolute atomic E-state index is 12.9. The summed E-state index contributed by atoms with van der Waals surface area (Å²) in [5, 5.41) is 3.36. The molecule has 5 rings (SSSR count). The molecule has 1 aliphatic rings. The summed E-state index contributed by atoms with van der Waals surface area (Å²) in [6.45, 7) is 2.97. The maximum atomic E-state index is 12.9. The Labute approximate surface area is 162 Å². The van der Waals surface area contributed by atoms with E-state index in [0.29, 0.717) is 19.5 Å². The van der Waals surface area contributed by atoms with Gasteiger partial charge in [0.05, 0.1) is 11.8 Å². The number of aromatic nitrogens is 3. The van der Waals surface area contributed by atoms with Crippen molar-refractivity contribution in [3.05, 3.63) is 66.6 Å². The number of nitrogens with zero attached hydrogens (tertiary/aromatic N) is 4. The summed E-state index contributed by atoms with van der Waals surface area (Å²) in [5.41, 5.74) is 1.94. The molecule has 1 amide bonds. The van der Waals surface area contributed by atoms with Crippen molar-refractivity contribution < 1.29 is 4.79 Å². The lowest BCUT2D eigenvalue weighted by atomic mass is 10.0. The van der Waals surface area contributed by atoms with Gasteiger partial charge in [0.15, 0.2) is 0 Å². The Morgan fingerprint density at radius 2 is 1.75 bits per heavy atom. The number of nitrogens with one attached hydrogen (secondary N) is 1. The van der Waals surface area contributed by atoms with Gasteiger partial charge in [-0.1, -0.05) is 42.5 Å². The molecule has 0 spiro atoms. The first-order valence-electron chi connectivity index (χ1n) is 9.57. The molecular weight excluding hydrogens is 350 g/mol. The molecule has 140 valence electrons. The molecule has 0 bridgehead atoms. The van der Waals surface area contributed by atoms with Gasteiger partial charge in [-0.2, -0.15) is 0 Å². The molecule has 0 unspecified atom stereocenters. The van der Waals surface area contributed by atoms with E-state index in [0.717, 1.165) is 40.9 Å². The minimum Gasteiger partial charge on any atom is -0.352 e. The first-order valence-corrected chi connectivity index (χ1v) is 9.57. The zero-order valence-electron chi connectivity index (χ0n) is 15.5. The van der Waals surface area contributed by atoms with Crippen molar-refractivity contribution in [3.63, 3.8) is 0 Å². The second kappa shape index (κ2) is 6.96. The number of fused-ring (bicyclic) bond motifs is 2. The van der Waals surface area contributed by atoms with Gasteiger partial charge in [0.2, 0.25) is 5.91 Å². The van der Waals surface area contributed by atoms with Gasteiger partial charge in [-0.05, 0) is 22.4 Å². The van der Waals surface area contributed by atoms with Crippen LogP contribution in [0.4, 0.5) is 5.82 Å². The van der Waals surface area contributed by atoms with Gasteiger partial charge < -0.3 is 14.8 Å². The van der Waals surface area contributed by atoms with Gasteiger partial charge in [-0.3, -0.25) is 4.79 Å². The topological polar surface area (TPSA) is 65.1 Å². The zero-order chi connectivity index (χ0) is 18.9. The van der Waals surface area contributed by atoms with E-state index in [1.807, 2.05) is 35.4 Å². The lowest BCUT2D eigenvalue weighted by molar-refractivity contribution is -0.130. The summed E-state index contributed by atoms with van der Waals surface area (Å²) in [6, 6.07) is 16.4. The fraction of sp³-hybridized carbons (Fsp3) is 0.227. The molecule has 0 radical (unpaired) electrons. The highest BCUT2D eigenvalue weighted by Gasteiger charge is 2.23. The molecule has 6 nitrogen and oxygen atoms in total. The monoisotopic (exact) mass is 371 g/mol. The molecule has 1 saturated heterocycles. The number of benzene rings is 2. The number of amides is 1. The van der Waals surface area contributed by atoms with Crippen molar-refractivity contribution >= 4 is 33.5 Å².